The molecule has 0 fully saturated rings. The summed E-state index contributed by atoms with van der Waals surface area (Å²) in [5, 5.41) is 6.00. The second-order valence-electron chi connectivity index (χ2n) is 4.71. The summed E-state index contributed by atoms with van der Waals surface area (Å²) < 4.78 is 41.7. The summed E-state index contributed by atoms with van der Waals surface area (Å²) in [6, 6.07) is 5.76. The molecule has 1 aromatic carbocycles. The first-order valence-corrected chi connectivity index (χ1v) is 8.29. The highest BCUT2D eigenvalue weighted by molar-refractivity contribution is 7.89. The summed E-state index contributed by atoms with van der Waals surface area (Å²) >= 11 is 0. The summed E-state index contributed by atoms with van der Waals surface area (Å²) in [7, 11) is -1.15. The van der Waals surface area contributed by atoms with Gasteiger partial charge in [-0.3, -0.25) is 4.79 Å². The average Bonchev–Trinajstić information content (AvgIpc) is 2.97. The molecule has 0 aliphatic carbocycles. The number of rotatable bonds is 7. The van der Waals surface area contributed by atoms with Crippen molar-refractivity contribution in [1.82, 2.24) is 9.88 Å². The van der Waals surface area contributed by atoms with E-state index in [1.54, 1.807) is 6.92 Å². The zero-order chi connectivity index (χ0) is 17.7. The van der Waals surface area contributed by atoms with Gasteiger partial charge in [-0.1, -0.05) is 5.16 Å². The van der Waals surface area contributed by atoms with Gasteiger partial charge in [0.15, 0.2) is 5.82 Å². The largest absolute Gasteiger partial charge is 0.497 e. The van der Waals surface area contributed by atoms with Gasteiger partial charge in [-0.25, -0.2) is 13.1 Å². The van der Waals surface area contributed by atoms with Crippen molar-refractivity contribution in [2.45, 2.75) is 11.8 Å². The molecular weight excluding hydrogens is 338 g/mol. The standard InChI is InChI=1S/C14H17N3O6S/c1-9-6-13(17-23-9)16-14(18)8-15-24(19,20)12-5-4-10(21-2)7-11(12)22-3/h4-7,15H,8H2,1-3H3,(H,16,17,18). The zero-order valence-corrected chi connectivity index (χ0v) is 14.1. The number of hydrogen-bond donors (Lipinski definition) is 2. The maximum absolute atomic E-state index is 12.3. The number of aryl methyl sites for hydroxylation is 1. The highest BCUT2D eigenvalue weighted by Crippen LogP contribution is 2.28. The van der Waals surface area contributed by atoms with Crippen LogP contribution in [-0.2, 0) is 14.8 Å². The Balaban J connectivity index is 2.07. The Bertz CT molecular complexity index is 831. The van der Waals surface area contributed by atoms with Crippen molar-refractivity contribution in [1.29, 1.82) is 0 Å². The van der Waals surface area contributed by atoms with Crippen LogP contribution in [-0.4, -0.2) is 40.2 Å². The number of ether oxygens (including phenoxy) is 2. The van der Waals surface area contributed by atoms with Gasteiger partial charge in [-0.15, -0.1) is 0 Å². The summed E-state index contributed by atoms with van der Waals surface area (Å²) in [5.74, 6) is 0.700. The number of anilines is 1. The number of methoxy groups -OCH3 is 2. The number of nitrogens with one attached hydrogen (secondary N) is 2. The fourth-order valence-corrected chi connectivity index (χ4v) is 2.98. The predicted molar refractivity (Wildman–Crippen MR) is 84.6 cm³/mol. The first-order valence-electron chi connectivity index (χ1n) is 6.80. The number of nitrogens with zero attached hydrogens (tertiary/aromatic N) is 1. The van der Waals surface area contributed by atoms with Gasteiger partial charge >= 0.3 is 0 Å². The molecule has 0 aliphatic rings. The first-order chi connectivity index (χ1) is 11.4. The first kappa shape index (κ1) is 17.8. The predicted octanol–water partition coefficient (Wildman–Crippen LogP) is 0.917. The van der Waals surface area contributed by atoms with Crippen LogP contribution < -0.4 is 19.5 Å². The molecule has 0 radical (unpaired) electrons. The molecule has 1 heterocycles. The normalized spacial score (nSPS) is 11.1. The van der Waals surface area contributed by atoms with Gasteiger partial charge in [0.2, 0.25) is 15.9 Å². The van der Waals surface area contributed by atoms with E-state index in [1.807, 2.05) is 0 Å². The fraction of sp³-hybridized carbons (Fsp3) is 0.286. The average molecular weight is 355 g/mol. The smallest absolute Gasteiger partial charge is 0.244 e. The lowest BCUT2D eigenvalue weighted by atomic mass is 10.3. The topological polar surface area (TPSA) is 120 Å². The molecule has 0 bridgehead atoms. The number of hydrogen-bond acceptors (Lipinski definition) is 7. The number of sulfonamides is 1. The van der Waals surface area contributed by atoms with Gasteiger partial charge in [0.05, 0.1) is 20.8 Å². The van der Waals surface area contributed by atoms with Crippen molar-refractivity contribution in [3.05, 3.63) is 30.0 Å². The highest BCUT2D eigenvalue weighted by atomic mass is 32.2. The van der Waals surface area contributed by atoms with E-state index in [1.165, 1.54) is 38.5 Å². The van der Waals surface area contributed by atoms with Crippen LogP contribution in [0.25, 0.3) is 0 Å². The number of carbonyl (C=O) groups is 1. The molecule has 24 heavy (non-hydrogen) atoms. The Morgan fingerprint density at radius 1 is 1.25 bits per heavy atom. The van der Waals surface area contributed by atoms with E-state index in [-0.39, 0.29) is 16.5 Å². The van der Waals surface area contributed by atoms with Crippen LogP contribution >= 0.6 is 0 Å². The summed E-state index contributed by atoms with van der Waals surface area (Å²) in [5.41, 5.74) is 0. The molecule has 2 aromatic rings. The molecule has 1 amide bonds. The van der Waals surface area contributed by atoms with E-state index in [9.17, 15) is 13.2 Å². The minimum atomic E-state index is -3.95. The molecular formula is C14H17N3O6S. The molecule has 1 aromatic heterocycles. The third-order valence-corrected chi connectivity index (χ3v) is 4.42. The van der Waals surface area contributed by atoms with Crippen LogP contribution in [0.3, 0.4) is 0 Å². The lowest BCUT2D eigenvalue weighted by molar-refractivity contribution is -0.115. The van der Waals surface area contributed by atoms with Gasteiger partial charge in [0.1, 0.15) is 22.2 Å². The maximum Gasteiger partial charge on any atom is 0.244 e. The molecule has 10 heteroatoms. The lowest BCUT2D eigenvalue weighted by Crippen LogP contribution is -2.33. The Hall–Kier alpha value is -2.59. The second kappa shape index (κ2) is 7.32. The van der Waals surface area contributed by atoms with Crippen LogP contribution in [0.15, 0.2) is 33.7 Å². The van der Waals surface area contributed by atoms with Gasteiger partial charge in [-0.05, 0) is 19.1 Å². The van der Waals surface area contributed by atoms with Crippen molar-refractivity contribution in [3.8, 4) is 11.5 Å². The van der Waals surface area contributed by atoms with E-state index >= 15 is 0 Å². The van der Waals surface area contributed by atoms with Crippen molar-refractivity contribution >= 4 is 21.7 Å². The molecule has 0 atom stereocenters. The summed E-state index contributed by atoms with van der Waals surface area (Å²) in [6.45, 7) is 1.20. The van der Waals surface area contributed by atoms with Gasteiger partial charge in [-0.2, -0.15) is 0 Å². The van der Waals surface area contributed by atoms with Crippen LogP contribution in [0.5, 0.6) is 11.5 Å². The van der Waals surface area contributed by atoms with E-state index in [0.717, 1.165) is 0 Å². The molecule has 0 saturated carbocycles. The molecule has 2 N–H and O–H groups in total. The van der Waals surface area contributed by atoms with Crippen LogP contribution in [0.2, 0.25) is 0 Å². The second-order valence-corrected chi connectivity index (χ2v) is 6.45. The molecule has 0 saturated heterocycles. The third kappa shape index (κ3) is 4.24. The monoisotopic (exact) mass is 355 g/mol. The Kier molecular flexibility index (Phi) is 5.42. The summed E-state index contributed by atoms with van der Waals surface area (Å²) in [4.78, 5) is 11.7. The van der Waals surface area contributed by atoms with E-state index in [4.69, 9.17) is 14.0 Å². The molecule has 0 unspecified atom stereocenters. The lowest BCUT2D eigenvalue weighted by Gasteiger charge is -2.11. The number of amides is 1. The zero-order valence-electron chi connectivity index (χ0n) is 13.3. The number of carbonyl (C=O) groups excluding carboxylic acids is 1. The Morgan fingerprint density at radius 3 is 2.58 bits per heavy atom. The van der Waals surface area contributed by atoms with Crippen molar-refractivity contribution < 1.29 is 27.2 Å². The van der Waals surface area contributed by atoms with E-state index < -0.39 is 22.5 Å². The minimum Gasteiger partial charge on any atom is -0.497 e. The van der Waals surface area contributed by atoms with Gasteiger partial charge < -0.3 is 19.3 Å². The van der Waals surface area contributed by atoms with Gasteiger partial charge in [0.25, 0.3) is 0 Å². The molecule has 130 valence electrons. The quantitative estimate of drug-likeness (QED) is 0.757. The Labute approximate surface area is 139 Å². The van der Waals surface area contributed by atoms with Crippen molar-refractivity contribution in [3.63, 3.8) is 0 Å². The molecule has 0 spiro atoms. The third-order valence-electron chi connectivity index (χ3n) is 2.98. The van der Waals surface area contributed by atoms with Crippen LogP contribution in [0.4, 0.5) is 5.82 Å². The maximum atomic E-state index is 12.3. The SMILES string of the molecule is COc1ccc(S(=O)(=O)NCC(=O)Nc2cc(C)on2)c(OC)c1. The van der Waals surface area contributed by atoms with Crippen LogP contribution in [0.1, 0.15) is 5.76 Å². The summed E-state index contributed by atoms with van der Waals surface area (Å²) in [6.07, 6.45) is 0. The molecule has 2 rings (SSSR count). The minimum absolute atomic E-state index is 0.101. The fourth-order valence-electron chi connectivity index (χ4n) is 1.85. The van der Waals surface area contributed by atoms with E-state index in [0.29, 0.717) is 11.5 Å². The molecule has 0 aliphatic heterocycles. The van der Waals surface area contributed by atoms with Crippen molar-refractivity contribution in [2.24, 2.45) is 0 Å². The van der Waals surface area contributed by atoms with E-state index in [2.05, 4.69) is 15.2 Å². The number of benzene rings is 1. The number of aromatic nitrogens is 1. The molecule has 9 nitrogen and oxygen atoms in total. The van der Waals surface area contributed by atoms with Crippen LogP contribution in [0, 0.1) is 6.92 Å². The van der Waals surface area contributed by atoms with Crippen molar-refractivity contribution in [2.75, 3.05) is 26.1 Å². The Morgan fingerprint density at radius 2 is 2.00 bits per heavy atom. The highest BCUT2D eigenvalue weighted by Gasteiger charge is 2.21. The van der Waals surface area contributed by atoms with Gasteiger partial charge in [0, 0.05) is 12.1 Å².